The van der Waals surface area contributed by atoms with Gasteiger partial charge in [-0.05, 0) is 43.7 Å². The van der Waals surface area contributed by atoms with Crippen molar-refractivity contribution in [2.75, 3.05) is 12.8 Å². The summed E-state index contributed by atoms with van der Waals surface area (Å²) >= 11 is 6.65. The first-order chi connectivity index (χ1) is 9.80. The standard InChI is InChI=1S/C14H20N2O2S3/c1-10-8-11(13(15)19)4-5-12(10)21(17,18)16-9-14(20-2)6-3-7-14/h4-5,8,16H,3,6-7,9H2,1-2H3,(H2,15,19). The molecule has 0 heterocycles. The molecule has 0 bridgehead atoms. The van der Waals surface area contributed by atoms with E-state index in [0.29, 0.717) is 17.7 Å². The Morgan fingerprint density at radius 1 is 1.48 bits per heavy atom. The highest BCUT2D eigenvalue weighted by molar-refractivity contribution is 8.00. The Morgan fingerprint density at radius 2 is 2.14 bits per heavy atom. The maximum Gasteiger partial charge on any atom is 0.240 e. The average Bonchev–Trinajstić information content (AvgIpc) is 2.37. The number of thiocarbonyl (C=S) groups is 1. The van der Waals surface area contributed by atoms with E-state index >= 15 is 0 Å². The number of hydrogen-bond donors (Lipinski definition) is 2. The smallest absolute Gasteiger partial charge is 0.240 e. The second-order valence-electron chi connectivity index (χ2n) is 5.41. The number of nitrogens with one attached hydrogen (secondary N) is 1. The Kier molecular flexibility index (Phi) is 4.97. The molecule has 0 aliphatic heterocycles. The highest BCUT2D eigenvalue weighted by atomic mass is 32.2. The first kappa shape index (κ1) is 16.7. The Morgan fingerprint density at radius 3 is 2.57 bits per heavy atom. The second-order valence-corrected chi connectivity index (χ2v) is 8.86. The van der Waals surface area contributed by atoms with Crippen molar-refractivity contribution in [3.8, 4) is 0 Å². The van der Waals surface area contributed by atoms with Crippen LogP contribution in [-0.4, -0.2) is 31.0 Å². The summed E-state index contributed by atoms with van der Waals surface area (Å²) in [6, 6.07) is 4.93. The van der Waals surface area contributed by atoms with Crippen molar-refractivity contribution in [3.63, 3.8) is 0 Å². The van der Waals surface area contributed by atoms with Crippen LogP contribution in [0, 0.1) is 6.92 Å². The summed E-state index contributed by atoms with van der Waals surface area (Å²) < 4.78 is 27.7. The van der Waals surface area contributed by atoms with Gasteiger partial charge in [0, 0.05) is 16.9 Å². The van der Waals surface area contributed by atoms with Crippen molar-refractivity contribution >= 4 is 39.0 Å². The second kappa shape index (κ2) is 6.24. The van der Waals surface area contributed by atoms with Crippen LogP contribution < -0.4 is 10.5 Å². The van der Waals surface area contributed by atoms with E-state index in [1.165, 1.54) is 6.42 Å². The van der Waals surface area contributed by atoms with Gasteiger partial charge in [-0.2, -0.15) is 11.8 Å². The molecule has 1 aliphatic rings. The zero-order chi connectivity index (χ0) is 15.7. The first-order valence-electron chi connectivity index (χ1n) is 6.75. The molecule has 1 aromatic carbocycles. The van der Waals surface area contributed by atoms with E-state index in [-0.39, 0.29) is 14.6 Å². The Balaban J connectivity index is 2.18. The number of hydrogen-bond acceptors (Lipinski definition) is 4. The monoisotopic (exact) mass is 344 g/mol. The number of nitrogens with two attached hydrogens (primary N) is 1. The van der Waals surface area contributed by atoms with Crippen molar-refractivity contribution in [2.24, 2.45) is 5.73 Å². The molecule has 0 radical (unpaired) electrons. The zero-order valence-electron chi connectivity index (χ0n) is 12.2. The van der Waals surface area contributed by atoms with Crippen LogP contribution in [0.15, 0.2) is 23.1 Å². The highest BCUT2D eigenvalue weighted by Crippen LogP contribution is 2.42. The van der Waals surface area contributed by atoms with E-state index in [1.807, 2.05) is 6.26 Å². The fraction of sp³-hybridized carbons (Fsp3) is 0.500. The maximum absolute atomic E-state index is 12.5. The summed E-state index contributed by atoms with van der Waals surface area (Å²) in [6.45, 7) is 2.23. The van der Waals surface area contributed by atoms with E-state index in [1.54, 1.807) is 36.9 Å². The molecule has 7 heteroatoms. The van der Waals surface area contributed by atoms with Gasteiger partial charge in [-0.3, -0.25) is 0 Å². The third-order valence-corrected chi connectivity index (χ3v) is 7.25. The Bertz CT molecular complexity index is 647. The summed E-state index contributed by atoms with van der Waals surface area (Å²) in [4.78, 5) is 0.559. The predicted octanol–water partition coefficient (Wildman–Crippen LogP) is 2.19. The van der Waals surface area contributed by atoms with Gasteiger partial charge >= 0.3 is 0 Å². The van der Waals surface area contributed by atoms with Crippen molar-refractivity contribution in [2.45, 2.75) is 35.8 Å². The Hall–Kier alpha value is -0.630. The molecule has 1 aliphatic carbocycles. The lowest BCUT2D eigenvalue weighted by Gasteiger charge is -2.40. The highest BCUT2D eigenvalue weighted by Gasteiger charge is 2.37. The molecule has 116 valence electrons. The van der Waals surface area contributed by atoms with Crippen molar-refractivity contribution in [3.05, 3.63) is 29.3 Å². The fourth-order valence-electron chi connectivity index (χ4n) is 2.43. The lowest BCUT2D eigenvalue weighted by molar-refractivity contribution is 0.362. The molecule has 0 spiro atoms. The summed E-state index contributed by atoms with van der Waals surface area (Å²) in [7, 11) is -3.50. The van der Waals surface area contributed by atoms with Crippen LogP contribution in [0.4, 0.5) is 0 Å². The number of benzene rings is 1. The van der Waals surface area contributed by atoms with E-state index in [0.717, 1.165) is 12.8 Å². The fourth-order valence-corrected chi connectivity index (χ4v) is 4.92. The summed E-state index contributed by atoms with van der Waals surface area (Å²) in [5, 5.41) is 0. The molecular formula is C14H20N2O2S3. The molecule has 1 fully saturated rings. The first-order valence-corrected chi connectivity index (χ1v) is 9.87. The van der Waals surface area contributed by atoms with Crippen molar-refractivity contribution in [1.82, 2.24) is 4.72 Å². The predicted molar refractivity (Wildman–Crippen MR) is 92.4 cm³/mol. The van der Waals surface area contributed by atoms with Crippen molar-refractivity contribution < 1.29 is 8.42 Å². The SMILES string of the molecule is CSC1(CNS(=O)(=O)c2ccc(C(N)=S)cc2C)CCC1. The molecule has 0 aromatic heterocycles. The molecule has 4 nitrogen and oxygen atoms in total. The van der Waals surface area contributed by atoms with E-state index in [2.05, 4.69) is 4.72 Å². The van der Waals surface area contributed by atoms with Crippen LogP contribution in [0.2, 0.25) is 0 Å². The molecule has 1 saturated carbocycles. The molecule has 2 rings (SSSR count). The average molecular weight is 345 g/mol. The molecule has 0 amide bonds. The van der Waals surface area contributed by atoms with Crippen LogP contribution in [-0.2, 0) is 10.0 Å². The molecule has 0 saturated heterocycles. The van der Waals surface area contributed by atoms with Gasteiger partial charge in [-0.15, -0.1) is 0 Å². The third kappa shape index (κ3) is 3.59. The lowest BCUT2D eigenvalue weighted by atomic mass is 9.84. The summed E-state index contributed by atoms with van der Waals surface area (Å²) in [5.41, 5.74) is 6.90. The number of aryl methyl sites for hydroxylation is 1. The minimum absolute atomic E-state index is 0.0692. The van der Waals surface area contributed by atoms with Crippen LogP contribution in [0.5, 0.6) is 0 Å². The summed E-state index contributed by atoms with van der Waals surface area (Å²) in [5.74, 6) is 0. The normalized spacial score (nSPS) is 17.2. The number of sulfonamides is 1. The maximum atomic E-state index is 12.5. The largest absolute Gasteiger partial charge is 0.389 e. The minimum atomic E-state index is -3.50. The van der Waals surface area contributed by atoms with Crippen LogP contribution in [0.25, 0.3) is 0 Å². The van der Waals surface area contributed by atoms with Gasteiger partial charge < -0.3 is 5.73 Å². The number of thioether (sulfide) groups is 1. The third-order valence-electron chi connectivity index (χ3n) is 4.03. The minimum Gasteiger partial charge on any atom is -0.389 e. The topological polar surface area (TPSA) is 72.2 Å². The Labute approximate surface area is 135 Å². The summed E-state index contributed by atoms with van der Waals surface area (Å²) in [6.07, 6.45) is 5.34. The molecule has 0 unspecified atom stereocenters. The molecule has 1 aromatic rings. The van der Waals surface area contributed by atoms with Gasteiger partial charge in [0.1, 0.15) is 4.99 Å². The van der Waals surface area contributed by atoms with Crippen LogP contribution >= 0.6 is 24.0 Å². The van der Waals surface area contributed by atoms with Gasteiger partial charge in [0.15, 0.2) is 0 Å². The van der Waals surface area contributed by atoms with Gasteiger partial charge in [-0.25, -0.2) is 13.1 Å². The lowest BCUT2D eigenvalue weighted by Crippen LogP contribution is -2.45. The van der Waals surface area contributed by atoms with Gasteiger partial charge in [0.2, 0.25) is 10.0 Å². The van der Waals surface area contributed by atoms with Gasteiger partial charge in [-0.1, -0.05) is 24.7 Å². The van der Waals surface area contributed by atoms with Crippen LogP contribution in [0.1, 0.15) is 30.4 Å². The van der Waals surface area contributed by atoms with E-state index in [9.17, 15) is 8.42 Å². The molecule has 21 heavy (non-hydrogen) atoms. The quantitative estimate of drug-likeness (QED) is 0.774. The van der Waals surface area contributed by atoms with Crippen molar-refractivity contribution in [1.29, 1.82) is 0 Å². The van der Waals surface area contributed by atoms with Crippen LogP contribution in [0.3, 0.4) is 0 Å². The molecular weight excluding hydrogens is 324 g/mol. The van der Waals surface area contributed by atoms with Gasteiger partial charge in [0.05, 0.1) is 4.90 Å². The molecule has 3 N–H and O–H groups in total. The zero-order valence-corrected chi connectivity index (χ0v) is 14.6. The van der Waals surface area contributed by atoms with E-state index < -0.39 is 10.0 Å². The molecule has 0 atom stereocenters. The van der Waals surface area contributed by atoms with Gasteiger partial charge in [0.25, 0.3) is 0 Å². The van der Waals surface area contributed by atoms with E-state index in [4.69, 9.17) is 18.0 Å². The number of rotatable bonds is 6.